The van der Waals surface area contributed by atoms with Gasteiger partial charge in [0.2, 0.25) is 0 Å². The van der Waals surface area contributed by atoms with Gasteiger partial charge in [0.05, 0.1) is 0 Å². The van der Waals surface area contributed by atoms with Crippen LogP contribution in [0, 0.1) is 11.8 Å². The molecule has 1 rings (SSSR count). The second kappa shape index (κ2) is 4.64. The van der Waals surface area contributed by atoms with Crippen molar-refractivity contribution in [3.8, 4) is 0 Å². The Balaban J connectivity index is 2.25. The number of hydrogen-bond donors (Lipinski definition) is 0. The molecule has 0 spiro atoms. The van der Waals surface area contributed by atoms with Gasteiger partial charge in [-0.05, 0) is 18.8 Å². The zero-order valence-electron chi connectivity index (χ0n) is 8.31. The van der Waals surface area contributed by atoms with E-state index in [4.69, 9.17) is 0 Å². The highest BCUT2D eigenvalue weighted by molar-refractivity contribution is 5.83. The molecular weight excluding hydrogens is 148 g/mol. The Bertz CT molecular complexity index is 151. The van der Waals surface area contributed by atoms with Crippen LogP contribution in [0.4, 0.5) is 0 Å². The molecule has 0 aliphatic heterocycles. The first-order chi connectivity index (χ1) is 5.75. The van der Waals surface area contributed by atoms with Crippen LogP contribution in [0.3, 0.4) is 0 Å². The summed E-state index contributed by atoms with van der Waals surface area (Å²) in [5, 5.41) is 0. The minimum absolute atomic E-state index is 0.413. The fourth-order valence-electron chi connectivity index (χ4n) is 2.13. The van der Waals surface area contributed by atoms with Gasteiger partial charge in [0, 0.05) is 12.3 Å². The van der Waals surface area contributed by atoms with E-state index in [0.29, 0.717) is 17.6 Å². The van der Waals surface area contributed by atoms with Crippen molar-refractivity contribution in [1.82, 2.24) is 0 Å². The fourth-order valence-corrected chi connectivity index (χ4v) is 2.13. The monoisotopic (exact) mass is 168 g/mol. The number of rotatable bonds is 4. The maximum absolute atomic E-state index is 11.4. The lowest BCUT2D eigenvalue weighted by Gasteiger charge is -2.12. The van der Waals surface area contributed by atoms with Crippen molar-refractivity contribution in [2.45, 2.75) is 52.4 Å². The minimum Gasteiger partial charge on any atom is -0.299 e. The maximum atomic E-state index is 11.4. The van der Waals surface area contributed by atoms with E-state index in [9.17, 15) is 4.79 Å². The van der Waals surface area contributed by atoms with E-state index in [-0.39, 0.29) is 0 Å². The summed E-state index contributed by atoms with van der Waals surface area (Å²) in [4.78, 5) is 11.4. The summed E-state index contributed by atoms with van der Waals surface area (Å²) in [7, 11) is 0. The minimum atomic E-state index is 0.413. The lowest BCUT2D eigenvalue weighted by atomic mass is 9.92. The third kappa shape index (κ3) is 2.33. The number of hydrogen-bond acceptors (Lipinski definition) is 1. The van der Waals surface area contributed by atoms with E-state index in [1.54, 1.807) is 0 Å². The SMILES string of the molecule is CCCCCC1C(=O)CCC1C. The summed E-state index contributed by atoms with van der Waals surface area (Å²) in [5.41, 5.74) is 0. The van der Waals surface area contributed by atoms with Gasteiger partial charge < -0.3 is 0 Å². The maximum Gasteiger partial charge on any atom is 0.136 e. The van der Waals surface area contributed by atoms with Crippen molar-refractivity contribution in [2.24, 2.45) is 11.8 Å². The van der Waals surface area contributed by atoms with E-state index in [2.05, 4.69) is 13.8 Å². The van der Waals surface area contributed by atoms with Gasteiger partial charge in [-0.15, -0.1) is 0 Å². The van der Waals surface area contributed by atoms with Crippen LogP contribution in [0.2, 0.25) is 0 Å². The molecule has 2 unspecified atom stereocenters. The summed E-state index contributed by atoms with van der Waals surface area (Å²) in [5.74, 6) is 1.60. The smallest absolute Gasteiger partial charge is 0.136 e. The van der Waals surface area contributed by atoms with E-state index in [1.165, 1.54) is 19.3 Å². The van der Waals surface area contributed by atoms with Crippen molar-refractivity contribution in [1.29, 1.82) is 0 Å². The van der Waals surface area contributed by atoms with Crippen LogP contribution in [0.15, 0.2) is 0 Å². The molecule has 0 aromatic carbocycles. The van der Waals surface area contributed by atoms with Crippen molar-refractivity contribution in [3.63, 3.8) is 0 Å². The number of carbonyl (C=O) groups excluding carboxylic acids is 1. The van der Waals surface area contributed by atoms with Crippen LogP contribution in [0.5, 0.6) is 0 Å². The molecule has 0 aromatic rings. The first kappa shape index (κ1) is 9.76. The molecule has 0 amide bonds. The zero-order chi connectivity index (χ0) is 8.97. The quantitative estimate of drug-likeness (QED) is 0.589. The predicted octanol–water partition coefficient (Wildman–Crippen LogP) is 3.18. The molecule has 0 saturated heterocycles. The molecule has 1 aliphatic rings. The molecule has 70 valence electrons. The molecule has 1 aliphatic carbocycles. The van der Waals surface area contributed by atoms with E-state index < -0.39 is 0 Å². The molecule has 1 saturated carbocycles. The molecule has 1 nitrogen and oxygen atoms in total. The number of Topliss-reactive ketones (excluding diaryl/α,β-unsaturated/α-hetero) is 1. The van der Waals surface area contributed by atoms with Crippen molar-refractivity contribution in [3.05, 3.63) is 0 Å². The zero-order valence-corrected chi connectivity index (χ0v) is 8.31. The summed E-state index contributed by atoms with van der Waals surface area (Å²) in [6.07, 6.45) is 6.92. The summed E-state index contributed by atoms with van der Waals surface area (Å²) < 4.78 is 0. The van der Waals surface area contributed by atoms with Crippen LogP contribution in [-0.4, -0.2) is 5.78 Å². The third-order valence-electron chi connectivity index (χ3n) is 3.07. The highest BCUT2D eigenvalue weighted by Crippen LogP contribution is 2.31. The largest absolute Gasteiger partial charge is 0.299 e. The third-order valence-corrected chi connectivity index (χ3v) is 3.07. The predicted molar refractivity (Wildman–Crippen MR) is 51.0 cm³/mol. The normalized spacial score (nSPS) is 29.7. The standard InChI is InChI=1S/C11H20O/c1-3-4-5-6-10-9(2)7-8-11(10)12/h9-10H,3-8H2,1-2H3. The molecule has 0 radical (unpaired) electrons. The van der Waals surface area contributed by atoms with Gasteiger partial charge in [-0.3, -0.25) is 4.79 Å². The van der Waals surface area contributed by atoms with Gasteiger partial charge in [-0.2, -0.15) is 0 Å². The van der Waals surface area contributed by atoms with E-state index in [1.807, 2.05) is 0 Å². The van der Waals surface area contributed by atoms with Crippen LogP contribution < -0.4 is 0 Å². The van der Waals surface area contributed by atoms with E-state index >= 15 is 0 Å². The summed E-state index contributed by atoms with van der Waals surface area (Å²) in [6, 6.07) is 0. The number of unbranched alkanes of at least 4 members (excludes halogenated alkanes) is 2. The molecule has 2 atom stereocenters. The van der Waals surface area contributed by atoms with Crippen LogP contribution >= 0.6 is 0 Å². The Kier molecular flexibility index (Phi) is 3.77. The first-order valence-corrected chi connectivity index (χ1v) is 5.28. The lowest BCUT2D eigenvalue weighted by Crippen LogP contribution is -2.12. The Labute approximate surface area is 75.5 Å². The molecular formula is C11H20O. The number of ketones is 1. The lowest BCUT2D eigenvalue weighted by molar-refractivity contribution is -0.121. The van der Waals surface area contributed by atoms with Gasteiger partial charge in [0.25, 0.3) is 0 Å². The molecule has 0 bridgehead atoms. The molecule has 1 fully saturated rings. The van der Waals surface area contributed by atoms with Crippen molar-refractivity contribution >= 4 is 5.78 Å². The Morgan fingerprint density at radius 2 is 2.17 bits per heavy atom. The number of carbonyl (C=O) groups is 1. The highest BCUT2D eigenvalue weighted by atomic mass is 16.1. The average molecular weight is 168 g/mol. The van der Waals surface area contributed by atoms with Crippen LogP contribution in [0.25, 0.3) is 0 Å². The van der Waals surface area contributed by atoms with Crippen molar-refractivity contribution in [2.75, 3.05) is 0 Å². The first-order valence-electron chi connectivity index (χ1n) is 5.28. The van der Waals surface area contributed by atoms with Gasteiger partial charge in [-0.1, -0.05) is 33.1 Å². The van der Waals surface area contributed by atoms with Gasteiger partial charge in [0.1, 0.15) is 5.78 Å². The Morgan fingerprint density at radius 3 is 2.67 bits per heavy atom. The molecule has 12 heavy (non-hydrogen) atoms. The Morgan fingerprint density at radius 1 is 1.42 bits per heavy atom. The van der Waals surface area contributed by atoms with Crippen LogP contribution in [-0.2, 0) is 4.79 Å². The topological polar surface area (TPSA) is 17.1 Å². The highest BCUT2D eigenvalue weighted by Gasteiger charge is 2.30. The second-order valence-electron chi connectivity index (χ2n) is 4.08. The molecule has 0 aromatic heterocycles. The molecule has 0 N–H and O–H groups in total. The second-order valence-corrected chi connectivity index (χ2v) is 4.08. The molecule has 0 heterocycles. The molecule has 1 heteroatoms. The average Bonchev–Trinajstić information content (AvgIpc) is 2.35. The van der Waals surface area contributed by atoms with Crippen molar-refractivity contribution < 1.29 is 4.79 Å². The van der Waals surface area contributed by atoms with E-state index in [0.717, 1.165) is 19.3 Å². The van der Waals surface area contributed by atoms with Gasteiger partial charge in [0.15, 0.2) is 0 Å². The summed E-state index contributed by atoms with van der Waals surface area (Å²) in [6.45, 7) is 4.43. The van der Waals surface area contributed by atoms with Crippen LogP contribution in [0.1, 0.15) is 52.4 Å². The summed E-state index contributed by atoms with van der Waals surface area (Å²) >= 11 is 0. The fraction of sp³-hybridized carbons (Fsp3) is 0.909. The van der Waals surface area contributed by atoms with Gasteiger partial charge in [-0.25, -0.2) is 0 Å². The Hall–Kier alpha value is -0.330. The van der Waals surface area contributed by atoms with Gasteiger partial charge >= 0.3 is 0 Å².